The van der Waals surface area contributed by atoms with Crippen molar-refractivity contribution in [3.63, 3.8) is 0 Å². The lowest BCUT2D eigenvalue weighted by Crippen LogP contribution is -2.31. The monoisotopic (exact) mass is 464 g/mol. The van der Waals surface area contributed by atoms with E-state index in [-0.39, 0.29) is 11.6 Å². The number of hydrogen-bond acceptors (Lipinski definition) is 6. The second kappa shape index (κ2) is 9.05. The molecule has 162 valence electrons. The summed E-state index contributed by atoms with van der Waals surface area (Å²) < 4.78 is 2.28. The molecule has 1 aliphatic heterocycles. The molecule has 0 radical (unpaired) electrons. The highest BCUT2D eigenvalue weighted by Crippen LogP contribution is 2.35. The van der Waals surface area contributed by atoms with Gasteiger partial charge in [-0.15, -0.1) is 0 Å². The molecule has 2 aromatic carbocycles. The number of non-ortho nitro benzene ring substituents is 1. The Balaban J connectivity index is 1.78. The molecule has 1 saturated heterocycles. The molecule has 4 rings (SSSR count). The number of benzene rings is 2. The van der Waals surface area contributed by atoms with Crippen molar-refractivity contribution in [2.24, 2.45) is 5.92 Å². The summed E-state index contributed by atoms with van der Waals surface area (Å²) in [6, 6.07) is 15.8. The second-order valence-corrected chi connectivity index (χ2v) is 9.38. The molecule has 32 heavy (non-hydrogen) atoms. The molecule has 1 aromatic heterocycles. The second-order valence-electron chi connectivity index (χ2n) is 7.70. The fourth-order valence-corrected chi connectivity index (χ4v) is 4.60. The average molecular weight is 465 g/mol. The number of rotatable bonds is 6. The SMILES string of the molecule is CC(C)CN1C(=O)C(=Cc2cn(-c3ccccc3)nc2-c2ccc([N+](=O)[O-])cc2)SC1=S. The molecule has 0 atom stereocenters. The third-order valence-corrected chi connectivity index (χ3v) is 6.20. The topological polar surface area (TPSA) is 81.3 Å². The van der Waals surface area contributed by atoms with Gasteiger partial charge in [-0.2, -0.15) is 5.10 Å². The van der Waals surface area contributed by atoms with Crippen LogP contribution in [0.5, 0.6) is 0 Å². The molecule has 9 heteroatoms. The van der Waals surface area contributed by atoms with Gasteiger partial charge in [0, 0.05) is 36.0 Å². The summed E-state index contributed by atoms with van der Waals surface area (Å²) in [5.41, 5.74) is 2.94. The smallest absolute Gasteiger partial charge is 0.269 e. The van der Waals surface area contributed by atoms with Crippen LogP contribution >= 0.6 is 24.0 Å². The van der Waals surface area contributed by atoms with Gasteiger partial charge in [0.2, 0.25) is 0 Å². The molecule has 0 N–H and O–H groups in total. The summed E-state index contributed by atoms with van der Waals surface area (Å²) in [5, 5.41) is 15.7. The summed E-state index contributed by atoms with van der Waals surface area (Å²) in [6.07, 6.45) is 3.64. The maximum Gasteiger partial charge on any atom is 0.269 e. The quantitative estimate of drug-likeness (QED) is 0.213. The van der Waals surface area contributed by atoms with Crippen LogP contribution in [0.2, 0.25) is 0 Å². The molecule has 1 amide bonds. The third-order valence-electron chi connectivity index (χ3n) is 4.82. The maximum atomic E-state index is 12.9. The number of carbonyl (C=O) groups excluding carboxylic acids is 1. The number of amides is 1. The van der Waals surface area contributed by atoms with Gasteiger partial charge in [0.1, 0.15) is 4.32 Å². The fraction of sp³-hybridized carbons (Fsp3) is 0.174. The van der Waals surface area contributed by atoms with E-state index < -0.39 is 4.92 Å². The van der Waals surface area contributed by atoms with E-state index in [1.54, 1.807) is 27.8 Å². The first-order valence-electron chi connectivity index (χ1n) is 9.99. The van der Waals surface area contributed by atoms with Crippen molar-refractivity contribution in [3.8, 4) is 16.9 Å². The Labute approximate surface area is 194 Å². The van der Waals surface area contributed by atoms with Crippen LogP contribution in [0, 0.1) is 16.0 Å². The summed E-state index contributed by atoms with van der Waals surface area (Å²) in [6.45, 7) is 4.65. The van der Waals surface area contributed by atoms with Crippen molar-refractivity contribution in [2.75, 3.05) is 6.54 Å². The van der Waals surface area contributed by atoms with Gasteiger partial charge in [-0.1, -0.05) is 56.0 Å². The number of carbonyl (C=O) groups is 1. The van der Waals surface area contributed by atoms with Gasteiger partial charge < -0.3 is 0 Å². The lowest BCUT2D eigenvalue weighted by atomic mass is 10.1. The Morgan fingerprint density at radius 2 is 1.84 bits per heavy atom. The van der Waals surface area contributed by atoms with Crippen molar-refractivity contribution >= 4 is 46.0 Å². The van der Waals surface area contributed by atoms with Crippen LogP contribution in [0.3, 0.4) is 0 Å². The largest absolute Gasteiger partial charge is 0.293 e. The summed E-state index contributed by atoms with van der Waals surface area (Å²) in [5.74, 6) is 0.184. The molecular weight excluding hydrogens is 444 g/mol. The zero-order valence-electron chi connectivity index (χ0n) is 17.5. The number of hydrogen-bond donors (Lipinski definition) is 0. The molecule has 2 heterocycles. The minimum atomic E-state index is -0.437. The van der Waals surface area contributed by atoms with Crippen molar-refractivity contribution in [1.29, 1.82) is 0 Å². The molecule has 0 saturated carbocycles. The van der Waals surface area contributed by atoms with Crippen LogP contribution in [0.1, 0.15) is 19.4 Å². The highest BCUT2D eigenvalue weighted by molar-refractivity contribution is 8.26. The van der Waals surface area contributed by atoms with E-state index in [4.69, 9.17) is 17.3 Å². The minimum absolute atomic E-state index is 0.00680. The van der Waals surface area contributed by atoms with Crippen LogP contribution in [0.15, 0.2) is 65.7 Å². The van der Waals surface area contributed by atoms with E-state index >= 15 is 0 Å². The number of nitro benzene ring substituents is 1. The van der Waals surface area contributed by atoms with Gasteiger partial charge in [-0.05, 0) is 36.3 Å². The van der Waals surface area contributed by atoms with E-state index in [2.05, 4.69) is 0 Å². The number of thiocarbonyl (C=S) groups is 1. The van der Waals surface area contributed by atoms with E-state index in [0.717, 1.165) is 11.3 Å². The maximum absolute atomic E-state index is 12.9. The molecular formula is C23H20N4O3S2. The number of nitro groups is 1. The lowest BCUT2D eigenvalue weighted by Gasteiger charge is -2.16. The van der Waals surface area contributed by atoms with E-state index in [0.29, 0.717) is 32.9 Å². The van der Waals surface area contributed by atoms with Gasteiger partial charge in [-0.3, -0.25) is 19.8 Å². The Morgan fingerprint density at radius 3 is 2.47 bits per heavy atom. The Morgan fingerprint density at radius 1 is 1.16 bits per heavy atom. The summed E-state index contributed by atoms with van der Waals surface area (Å²) in [4.78, 5) is 25.7. The van der Waals surface area contributed by atoms with Crippen LogP contribution in [-0.4, -0.2) is 36.4 Å². The van der Waals surface area contributed by atoms with Gasteiger partial charge in [-0.25, -0.2) is 4.68 Å². The van der Waals surface area contributed by atoms with Crippen molar-refractivity contribution in [1.82, 2.24) is 14.7 Å². The number of thioether (sulfide) groups is 1. The first kappa shape index (κ1) is 21.9. The van der Waals surface area contributed by atoms with Gasteiger partial charge in [0.25, 0.3) is 11.6 Å². The molecule has 0 unspecified atom stereocenters. The van der Waals surface area contributed by atoms with Gasteiger partial charge in [0.15, 0.2) is 0 Å². The number of nitrogens with zero attached hydrogens (tertiary/aromatic N) is 4. The summed E-state index contributed by atoms with van der Waals surface area (Å²) in [7, 11) is 0. The van der Waals surface area contributed by atoms with Gasteiger partial charge in [0.05, 0.1) is 21.2 Å². The molecule has 1 fully saturated rings. The third kappa shape index (κ3) is 4.49. The summed E-state index contributed by atoms with van der Waals surface area (Å²) >= 11 is 6.70. The first-order chi connectivity index (χ1) is 15.3. The molecule has 0 spiro atoms. The highest BCUT2D eigenvalue weighted by Gasteiger charge is 2.32. The normalized spacial score (nSPS) is 15.2. The predicted molar refractivity (Wildman–Crippen MR) is 130 cm³/mol. The average Bonchev–Trinajstić information content (AvgIpc) is 3.31. The minimum Gasteiger partial charge on any atom is -0.293 e. The lowest BCUT2D eigenvalue weighted by molar-refractivity contribution is -0.384. The molecule has 0 aliphatic carbocycles. The van der Waals surface area contributed by atoms with Crippen molar-refractivity contribution < 1.29 is 9.72 Å². The zero-order chi connectivity index (χ0) is 22.8. The van der Waals surface area contributed by atoms with Crippen LogP contribution in [0.25, 0.3) is 23.0 Å². The Kier molecular flexibility index (Phi) is 6.20. The first-order valence-corrected chi connectivity index (χ1v) is 11.2. The Hall–Kier alpha value is -3.30. The van der Waals surface area contributed by atoms with Crippen molar-refractivity contribution in [2.45, 2.75) is 13.8 Å². The molecule has 7 nitrogen and oxygen atoms in total. The predicted octanol–water partition coefficient (Wildman–Crippen LogP) is 5.30. The van der Waals surface area contributed by atoms with Gasteiger partial charge >= 0.3 is 0 Å². The molecule has 0 bridgehead atoms. The molecule has 3 aromatic rings. The standard InChI is InChI=1S/C23H20N4O3S2/c1-15(2)13-25-22(28)20(32-23(25)31)12-17-14-26(18-6-4-3-5-7-18)24-21(17)16-8-10-19(11-9-16)27(29)30/h3-12,14-15H,13H2,1-2H3. The highest BCUT2D eigenvalue weighted by atomic mass is 32.2. The van der Waals surface area contributed by atoms with E-state index in [9.17, 15) is 14.9 Å². The van der Waals surface area contributed by atoms with E-state index in [1.165, 1.54) is 23.9 Å². The van der Waals surface area contributed by atoms with Crippen LogP contribution in [0.4, 0.5) is 5.69 Å². The van der Waals surface area contributed by atoms with E-state index in [1.807, 2.05) is 50.4 Å². The Bertz CT molecular complexity index is 1220. The fourth-order valence-electron chi connectivity index (χ4n) is 3.34. The number of aromatic nitrogens is 2. The van der Waals surface area contributed by atoms with Crippen LogP contribution < -0.4 is 0 Å². The van der Waals surface area contributed by atoms with Crippen molar-refractivity contribution in [3.05, 3.63) is 81.4 Å². The number of para-hydroxylation sites is 1. The zero-order valence-corrected chi connectivity index (χ0v) is 19.1. The van der Waals surface area contributed by atoms with Crippen LogP contribution in [-0.2, 0) is 4.79 Å². The molecule has 1 aliphatic rings.